The highest BCUT2D eigenvalue weighted by atomic mass is 35.5. The summed E-state index contributed by atoms with van der Waals surface area (Å²) in [5.41, 5.74) is 6.08. The Morgan fingerprint density at radius 1 is 1.13 bits per heavy atom. The molecule has 2 atom stereocenters. The van der Waals surface area contributed by atoms with Crippen LogP contribution in [0.3, 0.4) is 0 Å². The van der Waals surface area contributed by atoms with Crippen LogP contribution >= 0.6 is 11.6 Å². The second kappa shape index (κ2) is 7.39. The highest BCUT2D eigenvalue weighted by Gasteiger charge is 2.41. The Labute approximate surface area is 184 Å². The fourth-order valence-electron chi connectivity index (χ4n) is 4.28. The minimum atomic E-state index is -0.568. The summed E-state index contributed by atoms with van der Waals surface area (Å²) in [6, 6.07) is 18.4. The Morgan fingerprint density at radius 3 is 2.77 bits per heavy atom. The van der Waals surface area contributed by atoms with E-state index in [9.17, 15) is 10.1 Å². The number of non-ortho nitro benzene ring substituents is 1. The molecular formula is C24H20ClN3O3. The maximum Gasteiger partial charge on any atom is 0.269 e. The number of nitrogens with zero attached hydrogens (tertiary/aromatic N) is 3. The van der Waals surface area contributed by atoms with Gasteiger partial charge in [-0.2, -0.15) is 5.10 Å². The standard InChI is InChI=1S/C24H20ClN3O3/c1-14-6-7-15(2)19(10-14)21-13-22-20-12-17(25)8-9-23(20)31-24(27(22)26-21)16-4-3-5-18(11-16)28(29)30/h3-12,22,24H,13H2,1-2H3/t22-,24-/m0/s1. The summed E-state index contributed by atoms with van der Waals surface area (Å²) >= 11 is 6.29. The number of hydrogen-bond acceptors (Lipinski definition) is 5. The van der Waals surface area contributed by atoms with Crippen molar-refractivity contribution in [1.29, 1.82) is 0 Å². The van der Waals surface area contributed by atoms with E-state index in [4.69, 9.17) is 21.4 Å². The Kier molecular flexibility index (Phi) is 4.67. The topological polar surface area (TPSA) is 68.0 Å². The predicted octanol–water partition coefficient (Wildman–Crippen LogP) is 6.11. The number of benzene rings is 3. The maximum absolute atomic E-state index is 11.3. The summed E-state index contributed by atoms with van der Waals surface area (Å²) in [5.74, 6) is 0.722. The molecule has 0 saturated heterocycles. The van der Waals surface area contributed by atoms with Crippen molar-refractivity contribution in [2.75, 3.05) is 0 Å². The van der Waals surface area contributed by atoms with Gasteiger partial charge in [0.1, 0.15) is 5.75 Å². The first kappa shape index (κ1) is 19.6. The van der Waals surface area contributed by atoms with Crippen molar-refractivity contribution in [3.05, 3.63) is 104 Å². The summed E-state index contributed by atoms with van der Waals surface area (Å²) in [6.07, 6.45) is 0.132. The van der Waals surface area contributed by atoms with Crippen LogP contribution in [0.2, 0.25) is 5.02 Å². The largest absolute Gasteiger partial charge is 0.464 e. The van der Waals surface area contributed by atoms with Crippen molar-refractivity contribution in [2.24, 2.45) is 5.10 Å². The molecule has 0 amide bonds. The van der Waals surface area contributed by atoms with Crippen LogP contribution in [-0.4, -0.2) is 15.6 Å². The first-order valence-electron chi connectivity index (χ1n) is 10.0. The lowest BCUT2D eigenvalue weighted by molar-refractivity contribution is -0.385. The number of hydrazone groups is 1. The molecule has 2 aliphatic rings. The average Bonchev–Trinajstić information content (AvgIpc) is 3.20. The minimum Gasteiger partial charge on any atom is -0.464 e. The van der Waals surface area contributed by atoms with E-state index >= 15 is 0 Å². The van der Waals surface area contributed by atoms with Gasteiger partial charge in [-0.3, -0.25) is 10.1 Å². The van der Waals surface area contributed by atoms with Crippen molar-refractivity contribution in [3.8, 4) is 5.75 Å². The lowest BCUT2D eigenvalue weighted by atomic mass is 9.93. The molecule has 0 saturated carbocycles. The van der Waals surface area contributed by atoms with Gasteiger partial charge in [-0.05, 0) is 43.7 Å². The molecule has 0 aromatic heterocycles. The van der Waals surface area contributed by atoms with Crippen molar-refractivity contribution < 1.29 is 9.66 Å². The number of nitro groups is 1. The summed E-state index contributed by atoms with van der Waals surface area (Å²) < 4.78 is 6.30. The molecule has 0 fully saturated rings. The smallest absolute Gasteiger partial charge is 0.269 e. The van der Waals surface area contributed by atoms with Crippen molar-refractivity contribution >= 4 is 23.0 Å². The molecule has 0 radical (unpaired) electrons. The highest BCUT2D eigenvalue weighted by molar-refractivity contribution is 6.30. The third-order valence-electron chi connectivity index (χ3n) is 5.82. The summed E-state index contributed by atoms with van der Waals surface area (Å²) in [7, 11) is 0. The lowest BCUT2D eigenvalue weighted by Crippen LogP contribution is -2.33. The predicted molar refractivity (Wildman–Crippen MR) is 120 cm³/mol. The zero-order chi connectivity index (χ0) is 21.7. The Morgan fingerprint density at radius 2 is 1.97 bits per heavy atom. The van der Waals surface area contributed by atoms with Gasteiger partial charge in [0.25, 0.3) is 5.69 Å². The molecule has 2 aliphatic heterocycles. The summed E-state index contributed by atoms with van der Waals surface area (Å²) in [6.45, 7) is 4.14. The van der Waals surface area contributed by atoms with Crippen molar-refractivity contribution in [2.45, 2.75) is 32.5 Å². The van der Waals surface area contributed by atoms with Crippen LogP contribution < -0.4 is 4.74 Å². The van der Waals surface area contributed by atoms with Crippen LogP contribution in [0.15, 0.2) is 65.8 Å². The minimum absolute atomic E-state index is 0.0254. The molecule has 2 heterocycles. The Hall–Kier alpha value is -3.38. The third kappa shape index (κ3) is 3.43. The van der Waals surface area contributed by atoms with Crippen LogP contribution in [0.4, 0.5) is 5.69 Å². The summed E-state index contributed by atoms with van der Waals surface area (Å²) in [5, 5.41) is 18.8. The zero-order valence-electron chi connectivity index (χ0n) is 17.1. The van der Waals surface area contributed by atoms with Gasteiger partial charge in [0.05, 0.1) is 16.7 Å². The fourth-order valence-corrected chi connectivity index (χ4v) is 4.46. The Bertz CT molecular complexity index is 1240. The van der Waals surface area contributed by atoms with E-state index < -0.39 is 11.2 Å². The van der Waals surface area contributed by atoms with Gasteiger partial charge in [0.2, 0.25) is 6.23 Å². The van der Waals surface area contributed by atoms with Crippen molar-refractivity contribution in [3.63, 3.8) is 0 Å². The molecule has 3 aromatic carbocycles. The fraction of sp³-hybridized carbons (Fsp3) is 0.208. The van der Waals surface area contributed by atoms with Gasteiger partial charge in [-0.1, -0.05) is 41.4 Å². The zero-order valence-corrected chi connectivity index (χ0v) is 17.8. The molecule has 0 bridgehead atoms. The van der Waals surface area contributed by atoms with E-state index in [1.54, 1.807) is 18.2 Å². The molecule has 31 heavy (non-hydrogen) atoms. The number of aryl methyl sites for hydroxylation is 2. The quantitative estimate of drug-likeness (QED) is 0.369. The molecular weight excluding hydrogens is 414 g/mol. The second-order valence-corrected chi connectivity index (χ2v) is 8.41. The molecule has 3 aromatic rings. The molecule has 6 nitrogen and oxygen atoms in total. The number of nitro benzene ring substituents is 1. The van der Waals surface area contributed by atoms with Crippen molar-refractivity contribution in [1.82, 2.24) is 5.01 Å². The van der Waals surface area contributed by atoms with Gasteiger partial charge < -0.3 is 4.74 Å². The van der Waals surface area contributed by atoms with E-state index in [0.29, 0.717) is 17.0 Å². The molecule has 0 N–H and O–H groups in total. The molecule has 0 aliphatic carbocycles. The van der Waals surface area contributed by atoms with E-state index in [2.05, 4.69) is 32.0 Å². The monoisotopic (exact) mass is 433 g/mol. The number of fused-ring (bicyclic) bond motifs is 3. The molecule has 7 heteroatoms. The molecule has 0 unspecified atom stereocenters. The number of hydrogen-bond donors (Lipinski definition) is 0. The van der Waals surface area contributed by atoms with Crippen LogP contribution in [0.5, 0.6) is 5.75 Å². The van der Waals surface area contributed by atoms with Crippen LogP contribution in [0, 0.1) is 24.0 Å². The van der Waals surface area contributed by atoms with E-state index in [0.717, 1.165) is 28.2 Å². The number of rotatable bonds is 3. The lowest BCUT2D eigenvalue weighted by Gasteiger charge is -2.38. The van der Waals surface area contributed by atoms with E-state index in [1.165, 1.54) is 11.6 Å². The van der Waals surface area contributed by atoms with Crippen LogP contribution in [0.25, 0.3) is 0 Å². The van der Waals surface area contributed by atoms with Crippen LogP contribution in [0.1, 0.15) is 46.5 Å². The van der Waals surface area contributed by atoms with Gasteiger partial charge in [0, 0.05) is 40.3 Å². The SMILES string of the molecule is Cc1ccc(C)c(C2=NN3[C@@H](C2)c2cc(Cl)ccc2O[C@H]3c2cccc([N+](=O)[O-])c2)c1. The number of halogens is 1. The van der Waals surface area contributed by atoms with Gasteiger partial charge in [0.15, 0.2) is 0 Å². The highest BCUT2D eigenvalue weighted by Crippen LogP contribution is 2.48. The first-order chi connectivity index (χ1) is 14.9. The maximum atomic E-state index is 11.3. The molecule has 0 spiro atoms. The first-order valence-corrected chi connectivity index (χ1v) is 10.4. The second-order valence-electron chi connectivity index (χ2n) is 7.97. The van der Waals surface area contributed by atoms with Crippen LogP contribution in [-0.2, 0) is 0 Å². The molecule has 156 valence electrons. The summed E-state index contributed by atoms with van der Waals surface area (Å²) in [4.78, 5) is 10.9. The normalized spacial score (nSPS) is 19.3. The third-order valence-corrected chi connectivity index (χ3v) is 6.06. The Balaban J connectivity index is 1.63. The average molecular weight is 434 g/mol. The van der Waals surface area contributed by atoms with E-state index in [-0.39, 0.29) is 11.7 Å². The van der Waals surface area contributed by atoms with Gasteiger partial charge in [-0.25, -0.2) is 5.01 Å². The molecule has 5 rings (SSSR count). The van der Waals surface area contributed by atoms with Gasteiger partial charge >= 0.3 is 0 Å². The van der Waals surface area contributed by atoms with E-state index in [1.807, 2.05) is 23.2 Å². The van der Waals surface area contributed by atoms with Gasteiger partial charge in [-0.15, -0.1) is 0 Å². The number of ether oxygens (including phenoxy) is 1.